The van der Waals surface area contributed by atoms with Gasteiger partial charge < -0.3 is 5.32 Å². The number of pyridine rings is 2. The van der Waals surface area contributed by atoms with Crippen molar-refractivity contribution in [2.45, 2.75) is 61.0 Å². The van der Waals surface area contributed by atoms with Crippen molar-refractivity contribution in [3.05, 3.63) is 60.1 Å². The standard InChI is InChI=1S/C25H26FN7S/c1-16-21(14-31-33(16)20-6-8-25(2,28-3)9-7-20)17-10-22(34-23-5-4-19(26)13-29-23)24-18(11-27)12-30-32(24)15-17/h4-5,10,12-15,20,28H,6-9H2,1-3H3/t20-,25+. The number of fused-ring (bicyclic) bond motifs is 1. The molecule has 4 aromatic rings. The van der Waals surface area contributed by atoms with Gasteiger partial charge in [-0.25, -0.2) is 13.9 Å². The molecule has 174 valence electrons. The molecule has 9 heteroatoms. The number of rotatable bonds is 5. The summed E-state index contributed by atoms with van der Waals surface area (Å²) in [5.41, 5.74) is 4.51. The molecule has 1 aliphatic rings. The van der Waals surface area contributed by atoms with Crippen molar-refractivity contribution in [3.8, 4) is 17.2 Å². The summed E-state index contributed by atoms with van der Waals surface area (Å²) >= 11 is 1.39. The quantitative estimate of drug-likeness (QED) is 0.429. The van der Waals surface area contributed by atoms with Crippen LogP contribution < -0.4 is 5.32 Å². The van der Waals surface area contributed by atoms with E-state index in [-0.39, 0.29) is 11.4 Å². The van der Waals surface area contributed by atoms with Crippen molar-refractivity contribution < 1.29 is 4.39 Å². The summed E-state index contributed by atoms with van der Waals surface area (Å²) in [4.78, 5) is 5.01. The smallest absolute Gasteiger partial charge is 0.141 e. The number of aromatic nitrogens is 5. The average Bonchev–Trinajstić information content (AvgIpc) is 3.44. The fourth-order valence-electron chi connectivity index (χ4n) is 4.74. The second-order valence-corrected chi connectivity index (χ2v) is 10.2. The van der Waals surface area contributed by atoms with E-state index in [0.717, 1.165) is 47.4 Å². The highest BCUT2D eigenvalue weighted by atomic mass is 32.2. The Labute approximate surface area is 202 Å². The van der Waals surface area contributed by atoms with Crippen molar-refractivity contribution in [1.82, 2.24) is 29.7 Å². The lowest BCUT2D eigenvalue weighted by Crippen LogP contribution is -2.43. The molecule has 7 nitrogen and oxygen atoms in total. The molecule has 1 aliphatic carbocycles. The van der Waals surface area contributed by atoms with E-state index in [1.54, 1.807) is 16.8 Å². The van der Waals surface area contributed by atoms with Gasteiger partial charge in [0.25, 0.3) is 0 Å². The van der Waals surface area contributed by atoms with E-state index in [0.29, 0.717) is 22.1 Å². The fourth-order valence-corrected chi connectivity index (χ4v) is 5.69. The molecule has 0 aromatic carbocycles. The van der Waals surface area contributed by atoms with Gasteiger partial charge in [-0.15, -0.1) is 0 Å². The first-order valence-electron chi connectivity index (χ1n) is 11.3. The van der Waals surface area contributed by atoms with Gasteiger partial charge in [0, 0.05) is 33.5 Å². The third-order valence-corrected chi connectivity index (χ3v) is 7.96. The van der Waals surface area contributed by atoms with Crippen LogP contribution in [0, 0.1) is 24.1 Å². The van der Waals surface area contributed by atoms with Crippen molar-refractivity contribution in [2.75, 3.05) is 7.05 Å². The van der Waals surface area contributed by atoms with Gasteiger partial charge >= 0.3 is 0 Å². The maximum atomic E-state index is 13.4. The van der Waals surface area contributed by atoms with Crippen LogP contribution in [0.15, 0.2) is 52.9 Å². The summed E-state index contributed by atoms with van der Waals surface area (Å²) in [7, 11) is 2.04. The number of halogens is 1. The van der Waals surface area contributed by atoms with Gasteiger partial charge in [0.05, 0.1) is 35.7 Å². The normalized spacial score (nSPS) is 20.5. The zero-order valence-electron chi connectivity index (χ0n) is 19.4. The molecule has 0 bridgehead atoms. The molecule has 0 atom stereocenters. The molecule has 1 fully saturated rings. The third-order valence-electron chi connectivity index (χ3n) is 6.98. The minimum atomic E-state index is -0.383. The molecule has 0 aliphatic heterocycles. The number of nitrogens with zero attached hydrogens (tertiary/aromatic N) is 6. The number of nitriles is 1. The monoisotopic (exact) mass is 475 g/mol. The van der Waals surface area contributed by atoms with Crippen LogP contribution in [0.1, 0.15) is 49.9 Å². The van der Waals surface area contributed by atoms with Crippen molar-refractivity contribution >= 4 is 17.3 Å². The maximum Gasteiger partial charge on any atom is 0.141 e. The first-order chi connectivity index (χ1) is 16.4. The van der Waals surface area contributed by atoms with Gasteiger partial charge in [-0.2, -0.15) is 15.5 Å². The molecule has 0 amide bonds. The van der Waals surface area contributed by atoms with E-state index >= 15 is 0 Å². The summed E-state index contributed by atoms with van der Waals surface area (Å²) in [6, 6.07) is 7.66. The third kappa shape index (κ3) is 4.08. The van der Waals surface area contributed by atoms with Crippen LogP contribution in [0.2, 0.25) is 0 Å². The van der Waals surface area contributed by atoms with Crippen molar-refractivity contribution in [3.63, 3.8) is 0 Å². The van der Waals surface area contributed by atoms with Crippen LogP contribution in [0.5, 0.6) is 0 Å². The topological polar surface area (TPSA) is 83.8 Å². The SMILES string of the molecule is CN[C@]1(C)CC[C@H](n2ncc(-c3cc(Sc4ccc(F)cn4)c4c(C#N)cnn4c3)c2C)CC1. The maximum absolute atomic E-state index is 13.4. The summed E-state index contributed by atoms with van der Waals surface area (Å²) in [5, 5.41) is 22.9. The van der Waals surface area contributed by atoms with Crippen LogP contribution in [0.3, 0.4) is 0 Å². The molecule has 0 radical (unpaired) electrons. The van der Waals surface area contributed by atoms with E-state index in [2.05, 4.69) is 40.0 Å². The van der Waals surface area contributed by atoms with Gasteiger partial charge in [-0.3, -0.25) is 4.68 Å². The zero-order chi connectivity index (χ0) is 23.9. The lowest BCUT2D eigenvalue weighted by molar-refractivity contribution is 0.208. The van der Waals surface area contributed by atoms with Gasteiger partial charge in [-0.1, -0.05) is 11.8 Å². The summed E-state index contributed by atoms with van der Waals surface area (Å²) < 4.78 is 17.2. The van der Waals surface area contributed by atoms with Crippen molar-refractivity contribution in [1.29, 1.82) is 5.26 Å². The highest BCUT2D eigenvalue weighted by molar-refractivity contribution is 7.99. The van der Waals surface area contributed by atoms with E-state index in [9.17, 15) is 9.65 Å². The summed E-state index contributed by atoms with van der Waals surface area (Å²) in [6.07, 6.45) is 11.0. The Bertz CT molecular complexity index is 1380. The number of hydrogen-bond donors (Lipinski definition) is 1. The summed E-state index contributed by atoms with van der Waals surface area (Å²) in [5.74, 6) is -0.383. The van der Waals surface area contributed by atoms with Crippen LogP contribution >= 0.6 is 11.8 Å². The first-order valence-corrected chi connectivity index (χ1v) is 12.2. The highest BCUT2D eigenvalue weighted by Crippen LogP contribution is 2.38. The van der Waals surface area contributed by atoms with E-state index in [4.69, 9.17) is 5.10 Å². The molecule has 0 unspecified atom stereocenters. The highest BCUT2D eigenvalue weighted by Gasteiger charge is 2.31. The molecule has 0 saturated heterocycles. The molecule has 1 N–H and O–H groups in total. The number of hydrogen-bond acceptors (Lipinski definition) is 6. The Morgan fingerprint density at radius 2 is 2.00 bits per heavy atom. The zero-order valence-corrected chi connectivity index (χ0v) is 20.2. The predicted molar refractivity (Wildman–Crippen MR) is 129 cm³/mol. The van der Waals surface area contributed by atoms with Crippen LogP contribution in [-0.2, 0) is 0 Å². The Morgan fingerprint density at radius 1 is 1.21 bits per heavy atom. The molecule has 0 spiro atoms. The lowest BCUT2D eigenvalue weighted by atomic mass is 9.81. The predicted octanol–water partition coefficient (Wildman–Crippen LogP) is 5.16. The lowest BCUT2D eigenvalue weighted by Gasteiger charge is -2.37. The van der Waals surface area contributed by atoms with Crippen molar-refractivity contribution in [2.24, 2.45) is 0 Å². The largest absolute Gasteiger partial charge is 0.315 e. The Morgan fingerprint density at radius 3 is 2.68 bits per heavy atom. The molecule has 4 heterocycles. The van der Waals surface area contributed by atoms with Gasteiger partial charge in [0.2, 0.25) is 0 Å². The Hall–Kier alpha value is -3.22. The van der Waals surface area contributed by atoms with E-state index < -0.39 is 0 Å². The van der Waals surface area contributed by atoms with Crippen LogP contribution in [0.25, 0.3) is 16.6 Å². The van der Waals surface area contributed by atoms with Crippen LogP contribution in [-0.4, -0.2) is 37.0 Å². The van der Waals surface area contributed by atoms with E-state index in [1.807, 2.05) is 25.5 Å². The first kappa shape index (κ1) is 22.6. The second-order valence-electron chi connectivity index (χ2n) is 9.10. The minimum absolute atomic E-state index is 0.199. The summed E-state index contributed by atoms with van der Waals surface area (Å²) in [6.45, 7) is 4.39. The van der Waals surface area contributed by atoms with Gasteiger partial charge in [0.15, 0.2) is 0 Å². The molecule has 34 heavy (non-hydrogen) atoms. The molecular weight excluding hydrogens is 449 g/mol. The molecule has 4 aromatic heterocycles. The molecule has 5 rings (SSSR count). The van der Waals surface area contributed by atoms with Gasteiger partial charge in [0.1, 0.15) is 16.9 Å². The Balaban J connectivity index is 1.52. The minimum Gasteiger partial charge on any atom is -0.315 e. The molecular formula is C25H26FN7S. The fraction of sp³-hybridized carbons (Fsp3) is 0.360. The molecule has 1 saturated carbocycles. The number of nitrogens with one attached hydrogen (secondary N) is 1. The average molecular weight is 476 g/mol. The van der Waals surface area contributed by atoms with Crippen LogP contribution in [0.4, 0.5) is 4.39 Å². The van der Waals surface area contributed by atoms with Gasteiger partial charge in [-0.05, 0) is 64.8 Å². The van der Waals surface area contributed by atoms with E-state index in [1.165, 1.54) is 24.0 Å². The Kier molecular flexibility index (Phi) is 5.88. The second kappa shape index (κ2) is 8.85.